The third kappa shape index (κ3) is 5.00. The Balaban J connectivity index is 0.00000400. The number of sulfonamides is 1. The van der Waals surface area contributed by atoms with E-state index in [0.29, 0.717) is 10.2 Å². The Morgan fingerprint density at radius 2 is 1.76 bits per heavy atom. The molecule has 0 saturated heterocycles. The smallest absolute Gasteiger partial charge is 0.244 e. The van der Waals surface area contributed by atoms with E-state index in [-0.39, 0.29) is 29.6 Å². The number of nitrogens with two attached hydrogens (primary N) is 1. The van der Waals surface area contributed by atoms with Crippen LogP contribution in [0.5, 0.6) is 11.5 Å². The summed E-state index contributed by atoms with van der Waals surface area (Å²) in [6, 6.07) is 2.95. The van der Waals surface area contributed by atoms with Gasteiger partial charge >= 0.3 is 0 Å². The first-order valence-corrected chi connectivity index (χ1v) is 8.10. The van der Waals surface area contributed by atoms with E-state index in [1.807, 2.05) is 0 Å². The molecule has 0 aliphatic carbocycles. The average Bonchev–Trinajstić information content (AvgIpc) is 2.36. The normalized spacial score (nSPS) is 11.7. The largest absolute Gasteiger partial charge is 0.496 e. The molecule has 0 unspecified atom stereocenters. The highest BCUT2D eigenvalue weighted by Gasteiger charge is 2.28. The topological polar surface area (TPSA) is 90.7 Å². The van der Waals surface area contributed by atoms with Crippen LogP contribution >= 0.6 is 28.3 Å². The summed E-state index contributed by atoms with van der Waals surface area (Å²) in [4.78, 5) is 0.00146. The minimum absolute atomic E-state index is 0. The van der Waals surface area contributed by atoms with E-state index in [1.165, 1.54) is 20.3 Å². The third-order valence-corrected chi connectivity index (χ3v) is 4.99. The highest BCUT2D eigenvalue weighted by Crippen LogP contribution is 2.35. The van der Waals surface area contributed by atoms with Gasteiger partial charge in [-0.1, -0.05) is 0 Å². The molecule has 1 aromatic carbocycles. The monoisotopic (exact) mass is 402 g/mol. The first-order chi connectivity index (χ1) is 9.16. The Morgan fingerprint density at radius 1 is 1.24 bits per heavy atom. The Kier molecular flexibility index (Phi) is 7.44. The van der Waals surface area contributed by atoms with Crippen molar-refractivity contribution in [1.82, 2.24) is 4.72 Å². The van der Waals surface area contributed by atoms with Crippen LogP contribution in [0, 0.1) is 0 Å². The number of nitrogens with one attached hydrogen (secondary N) is 1. The van der Waals surface area contributed by atoms with E-state index in [0.717, 1.165) is 0 Å². The van der Waals surface area contributed by atoms with Gasteiger partial charge in [0.25, 0.3) is 0 Å². The molecule has 0 fully saturated rings. The molecular weight excluding hydrogens is 384 g/mol. The Morgan fingerprint density at radius 3 is 2.19 bits per heavy atom. The number of hydrogen-bond acceptors (Lipinski definition) is 5. The van der Waals surface area contributed by atoms with Crippen LogP contribution < -0.4 is 19.9 Å². The first-order valence-electron chi connectivity index (χ1n) is 5.82. The van der Waals surface area contributed by atoms with Gasteiger partial charge in [-0.2, -0.15) is 0 Å². The molecule has 0 bridgehead atoms. The van der Waals surface area contributed by atoms with Gasteiger partial charge in [0.15, 0.2) is 0 Å². The van der Waals surface area contributed by atoms with Gasteiger partial charge in [-0.25, -0.2) is 13.1 Å². The minimum atomic E-state index is -3.78. The van der Waals surface area contributed by atoms with Gasteiger partial charge in [-0.3, -0.25) is 0 Å². The lowest BCUT2D eigenvalue weighted by Crippen LogP contribution is -2.48. The summed E-state index contributed by atoms with van der Waals surface area (Å²) in [5, 5.41) is 0. The minimum Gasteiger partial charge on any atom is -0.496 e. The van der Waals surface area contributed by atoms with Crippen LogP contribution in [0.1, 0.15) is 13.8 Å². The number of ether oxygens (including phenoxy) is 2. The molecule has 1 aromatic rings. The lowest BCUT2D eigenvalue weighted by atomic mass is 10.1. The van der Waals surface area contributed by atoms with Crippen LogP contribution in [-0.2, 0) is 10.0 Å². The van der Waals surface area contributed by atoms with Gasteiger partial charge in [0, 0.05) is 18.2 Å². The van der Waals surface area contributed by atoms with Gasteiger partial charge < -0.3 is 15.2 Å². The van der Waals surface area contributed by atoms with Crippen molar-refractivity contribution in [3.8, 4) is 11.5 Å². The van der Waals surface area contributed by atoms with E-state index in [1.54, 1.807) is 19.9 Å². The average molecular weight is 404 g/mol. The fourth-order valence-corrected chi connectivity index (χ4v) is 3.58. The molecule has 0 spiro atoms. The summed E-state index contributed by atoms with van der Waals surface area (Å²) >= 11 is 3.28. The standard InChI is InChI=1S/C12H19BrN2O4S.ClH/c1-12(2,7-14)15-20(16,17)11-6-9(18-3)8(13)5-10(11)19-4;/h5-6,15H,7,14H2,1-4H3;1H. The fraction of sp³-hybridized carbons (Fsp3) is 0.500. The summed E-state index contributed by atoms with van der Waals surface area (Å²) in [6.07, 6.45) is 0. The zero-order valence-electron chi connectivity index (χ0n) is 12.3. The van der Waals surface area contributed by atoms with Crippen molar-refractivity contribution in [2.45, 2.75) is 24.3 Å². The van der Waals surface area contributed by atoms with E-state index in [2.05, 4.69) is 20.7 Å². The fourth-order valence-electron chi connectivity index (χ4n) is 1.50. The van der Waals surface area contributed by atoms with E-state index in [4.69, 9.17) is 15.2 Å². The van der Waals surface area contributed by atoms with E-state index < -0.39 is 15.6 Å². The quantitative estimate of drug-likeness (QED) is 0.757. The number of hydrogen-bond donors (Lipinski definition) is 2. The first kappa shape index (κ1) is 20.5. The highest BCUT2D eigenvalue weighted by atomic mass is 79.9. The molecule has 0 saturated carbocycles. The molecule has 0 aromatic heterocycles. The van der Waals surface area contributed by atoms with Gasteiger partial charge in [0.05, 0.1) is 18.7 Å². The Bertz CT molecular complexity index is 593. The van der Waals surface area contributed by atoms with Crippen LogP contribution in [0.15, 0.2) is 21.5 Å². The Labute approximate surface area is 140 Å². The maximum atomic E-state index is 12.4. The van der Waals surface area contributed by atoms with Crippen LogP contribution in [-0.4, -0.2) is 34.7 Å². The van der Waals surface area contributed by atoms with Gasteiger partial charge in [0.2, 0.25) is 10.0 Å². The molecule has 122 valence electrons. The third-order valence-electron chi connectivity index (χ3n) is 2.65. The van der Waals surface area contributed by atoms with Crippen molar-refractivity contribution in [3.63, 3.8) is 0 Å². The van der Waals surface area contributed by atoms with Gasteiger partial charge in [0.1, 0.15) is 16.4 Å². The molecule has 0 radical (unpaired) electrons. The molecular formula is C12H20BrClN2O4S. The van der Waals surface area contributed by atoms with Crippen LogP contribution in [0.3, 0.4) is 0 Å². The molecule has 6 nitrogen and oxygen atoms in total. The van der Waals surface area contributed by atoms with Crippen molar-refractivity contribution in [2.24, 2.45) is 5.73 Å². The molecule has 0 aliphatic heterocycles. The van der Waals surface area contributed by atoms with E-state index in [9.17, 15) is 8.42 Å². The van der Waals surface area contributed by atoms with Crippen LogP contribution in [0.25, 0.3) is 0 Å². The number of halogens is 2. The van der Waals surface area contributed by atoms with Crippen molar-refractivity contribution in [2.75, 3.05) is 20.8 Å². The van der Waals surface area contributed by atoms with Crippen molar-refractivity contribution in [3.05, 3.63) is 16.6 Å². The molecule has 9 heteroatoms. The Hall–Kier alpha value is -0.540. The molecule has 0 amide bonds. The second-order valence-corrected chi connectivity index (χ2v) is 7.34. The lowest BCUT2D eigenvalue weighted by Gasteiger charge is -2.24. The number of benzene rings is 1. The lowest BCUT2D eigenvalue weighted by molar-refractivity contribution is 0.388. The molecule has 0 atom stereocenters. The van der Waals surface area contributed by atoms with Crippen LogP contribution in [0.2, 0.25) is 0 Å². The van der Waals surface area contributed by atoms with Crippen molar-refractivity contribution in [1.29, 1.82) is 0 Å². The zero-order chi connectivity index (χ0) is 15.6. The highest BCUT2D eigenvalue weighted by molar-refractivity contribution is 9.10. The molecule has 1 rings (SSSR count). The van der Waals surface area contributed by atoms with Crippen molar-refractivity contribution >= 4 is 38.4 Å². The second kappa shape index (κ2) is 7.64. The molecule has 3 N–H and O–H groups in total. The maximum absolute atomic E-state index is 12.4. The van der Waals surface area contributed by atoms with Gasteiger partial charge in [-0.05, 0) is 35.8 Å². The predicted octanol–water partition coefficient (Wildman–Crippen LogP) is 1.90. The molecule has 0 aliphatic rings. The summed E-state index contributed by atoms with van der Waals surface area (Å²) in [5.41, 5.74) is 4.79. The summed E-state index contributed by atoms with van der Waals surface area (Å²) in [5.74, 6) is 0.620. The van der Waals surface area contributed by atoms with E-state index >= 15 is 0 Å². The second-order valence-electron chi connectivity index (χ2n) is 4.83. The van der Waals surface area contributed by atoms with Crippen molar-refractivity contribution < 1.29 is 17.9 Å². The summed E-state index contributed by atoms with van der Waals surface area (Å²) in [7, 11) is -0.915. The molecule has 21 heavy (non-hydrogen) atoms. The van der Waals surface area contributed by atoms with Gasteiger partial charge in [-0.15, -0.1) is 12.4 Å². The molecule has 0 heterocycles. The number of rotatable bonds is 6. The SMILES string of the molecule is COc1cc(S(=O)(=O)NC(C)(C)CN)c(OC)cc1Br.Cl. The zero-order valence-corrected chi connectivity index (χ0v) is 15.5. The predicted molar refractivity (Wildman–Crippen MR) is 87.9 cm³/mol. The maximum Gasteiger partial charge on any atom is 0.244 e. The number of methoxy groups -OCH3 is 2. The van der Waals surface area contributed by atoms with Crippen LogP contribution in [0.4, 0.5) is 0 Å². The summed E-state index contributed by atoms with van der Waals surface area (Å²) < 4.78 is 38.3. The summed E-state index contributed by atoms with van der Waals surface area (Å²) in [6.45, 7) is 3.57.